The maximum absolute atomic E-state index is 14.4. The van der Waals surface area contributed by atoms with E-state index in [9.17, 15) is 22.4 Å². The highest BCUT2D eigenvalue weighted by Crippen LogP contribution is 2.41. The van der Waals surface area contributed by atoms with E-state index in [2.05, 4.69) is 10.3 Å². The van der Waals surface area contributed by atoms with Gasteiger partial charge in [-0.05, 0) is 32.9 Å². The number of fused-ring (bicyclic) bond motifs is 1. The fourth-order valence-electron chi connectivity index (χ4n) is 3.24. The van der Waals surface area contributed by atoms with Crippen molar-refractivity contribution in [3.05, 3.63) is 30.1 Å². The third-order valence-electron chi connectivity index (χ3n) is 4.41. The van der Waals surface area contributed by atoms with Crippen molar-refractivity contribution in [3.63, 3.8) is 0 Å². The lowest BCUT2D eigenvalue weighted by atomic mass is 10.2. The van der Waals surface area contributed by atoms with Gasteiger partial charge in [-0.2, -0.15) is 4.99 Å². The maximum atomic E-state index is 14.4. The van der Waals surface area contributed by atoms with Crippen molar-refractivity contribution in [2.45, 2.75) is 44.1 Å². The zero-order chi connectivity index (χ0) is 22.1. The summed E-state index contributed by atoms with van der Waals surface area (Å²) in [5.74, 6) is -1.18. The Hall–Kier alpha value is -2.14. The van der Waals surface area contributed by atoms with E-state index in [1.807, 2.05) is 0 Å². The highest BCUT2D eigenvalue weighted by molar-refractivity contribution is 8.16. The van der Waals surface area contributed by atoms with Gasteiger partial charge in [-0.15, -0.1) is 0 Å². The lowest BCUT2D eigenvalue weighted by molar-refractivity contribution is -0.117. The molecular weight excluding hydrogens is 433 g/mol. The number of para-hydroxylation sites is 1. The Morgan fingerprint density at radius 2 is 2.00 bits per heavy atom. The van der Waals surface area contributed by atoms with Gasteiger partial charge in [0.1, 0.15) is 11.4 Å². The highest BCUT2D eigenvalue weighted by Gasteiger charge is 2.49. The van der Waals surface area contributed by atoms with Crippen LogP contribution in [0.15, 0.2) is 29.3 Å². The molecule has 2 atom stereocenters. The molecule has 2 saturated heterocycles. The lowest BCUT2D eigenvalue weighted by Crippen LogP contribution is -2.38. The maximum Gasteiger partial charge on any atom is 0.407 e. The van der Waals surface area contributed by atoms with Crippen LogP contribution in [0.4, 0.5) is 14.9 Å². The van der Waals surface area contributed by atoms with Crippen molar-refractivity contribution in [3.8, 4) is 0 Å². The average Bonchev–Trinajstić information content (AvgIpc) is 3.05. The van der Waals surface area contributed by atoms with Crippen molar-refractivity contribution in [1.82, 2.24) is 5.32 Å². The summed E-state index contributed by atoms with van der Waals surface area (Å²) < 4.78 is 43.6. The summed E-state index contributed by atoms with van der Waals surface area (Å²) in [5.41, 5.74) is -0.458. The summed E-state index contributed by atoms with van der Waals surface area (Å²) in [6.07, 6.45) is -0.701. The van der Waals surface area contributed by atoms with Crippen LogP contribution in [0.2, 0.25) is 0 Å². The Labute approximate surface area is 179 Å². The topological polar surface area (TPSA) is 105 Å². The number of carbonyl (C=O) groups excluding carboxylic acids is 2. The minimum atomic E-state index is -3.24. The molecule has 0 aromatic heterocycles. The zero-order valence-corrected chi connectivity index (χ0v) is 18.6. The average molecular weight is 458 g/mol. The molecule has 2 amide bonds. The highest BCUT2D eigenvalue weighted by atomic mass is 32.2. The number of hydrogen-bond donors (Lipinski definition) is 1. The third-order valence-corrected chi connectivity index (χ3v) is 7.62. The van der Waals surface area contributed by atoms with Crippen LogP contribution in [-0.4, -0.2) is 60.5 Å². The molecule has 1 N–H and O–H groups in total. The number of halogens is 1. The predicted molar refractivity (Wildman–Crippen MR) is 114 cm³/mol. The molecule has 11 heteroatoms. The smallest absolute Gasteiger partial charge is 0.407 e. The van der Waals surface area contributed by atoms with E-state index < -0.39 is 39.3 Å². The van der Waals surface area contributed by atoms with Gasteiger partial charge in [0.2, 0.25) is 5.91 Å². The molecule has 0 bridgehead atoms. The molecule has 1 aromatic carbocycles. The fraction of sp³-hybridized carbons (Fsp3) is 0.526. The molecule has 1 aromatic rings. The summed E-state index contributed by atoms with van der Waals surface area (Å²) >= 11 is 1.17. The SMILES string of the molecule is CC(C)(C)OC(=O)NCCC(=O)N=C1S[C@@H]2CS(=O)(=O)C[C@H]2N1c1ccccc1F. The molecule has 30 heavy (non-hydrogen) atoms. The summed E-state index contributed by atoms with van der Waals surface area (Å²) in [4.78, 5) is 29.6. The normalized spacial score (nSPS) is 24.0. The standard InChI is InChI=1S/C19H24FN3O5S2/c1-19(2,3)28-18(25)21-9-8-16(24)22-17-23(13-7-5-4-6-12(13)20)14-10-30(26,27)11-15(14)29-17/h4-7,14-15H,8-11H2,1-3H3,(H,21,25)/t14-,15-/m1/s1. The lowest BCUT2D eigenvalue weighted by Gasteiger charge is -2.24. The van der Waals surface area contributed by atoms with Crippen molar-refractivity contribution in [2.75, 3.05) is 23.0 Å². The van der Waals surface area contributed by atoms with E-state index in [0.29, 0.717) is 0 Å². The number of amidine groups is 1. The Balaban J connectivity index is 1.72. The number of anilines is 1. The van der Waals surface area contributed by atoms with Crippen LogP contribution in [-0.2, 0) is 19.4 Å². The largest absolute Gasteiger partial charge is 0.444 e. The molecule has 0 spiro atoms. The van der Waals surface area contributed by atoms with Crippen molar-refractivity contribution < 1.29 is 27.1 Å². The van der Waals surface area contributed by atoms with Crippen LogP contribution in [0.3, 0.4) is 0 Å². The number of benzene rings is 1. The van der Waals surface area contributed by atoms with Gasteiger partial charge in [0.15, 0.2) is 15.0 Å². The Bertz CT molecular complexity index is 975. The van der Waals surface area contributed by atoms with Crippen molar-refractivity contribution in [2.24, 2.45) is 4.99 Å². The number of carbonyl (C=O) groups is 2. The number of amides is 2. The molecule has 0 saturated carbocycles. The first-order valence-electron chi connectivity index (χ1n) is 9.44. The Morgan fingerprint density at radius 1 is 1.30 bits per heavy atom. The minimum Gasteiger partial charge on any atom is -0.444 e. The second kappa shape index (κ2) is 8.54. The van der Waals surface area contributed by atoms with Crippen LogP contribution in [0.1, 0.15) is 27.2 Å². The van der Waals surface area contributed by atoms with E-state index >= 15 is 0 Å². The third kappa shape index (κ3) is 5.51. The summed E-state index contributed by atoms with van der Waals surface area (Å²) in [5, 5.41) is 2.44. The predicted octanol–water partition coefficient (Wildman–Crippen LogP) is 2.34. The first kappa shape index (κ1) is 22.5. The summed E-state index contributed by atoms with van der Waals surface area (Å²) in [7, 11) is -3.24. The number of sulfone groups is 1. The first-order chi connectivity index (χ1) is 14.0. The van der Waals surface area contributed by atoms with Gasteiger partial charge in [-0.1, -0.05) is 23.9 Å². The number of ether oxygens (including phenoxy) is 1. The van der Waals surface area contributed by atoms with Crippen LogP contribution in [0.5, 0.6) is 0 Å². The van der Waals surface area contributed by atoms with E-state index in [-0.39, 0.29) is 40.6 Å². The molecule has 0 radical (unpaired) electrons. The van der Waals surface area contributed by atoms with Gasteiger partial charge < -0.3 is 15.0 Å². The molecule has 0 aliphatic carbocycles. The zero-order valence-electron chi connectivity index (χ0n) is 16.9. The number of hydrogen-bond acceptors (Lipinski definition) is 6. The van der Waals surface area contributed by atoms with Gasteiger partial charge in [-0.3, -0.25) is 4.79 Å². The summed E-state index contributed by atoms with van der Waals surface area (Å²) in [6, 6.07) is 5.51. The van der Waals surface area contributed by atoms with Crippen molar-refractivity contribution in [1.29, 1.82) is 0 Å². The van der Waals surface area contributed by atoms with Crippen LogP contribution < -0.4 is 10.2 Å². The van der Waals surface area contributed by atoms with E-state index in [4.69, 9.17) is 4.74 Å². The van der Waals surface area contributed by atoms with Gasteiger partial charge >= 0.3 is 6.09 Å². The number of nitrogens with zero attached hydrogens (tertiary/aromatic N) is 2. The second-order valence-corrected chi connectivity index (χ2v) is 11.4. The minimum absolute atomic E-state index is 0.0378. The van der Waals surface area contributed by atoms with E-state index in [1.54, 1.807) is 26.8 Å². The van der Waals surface area contributed by atoms with E-state index in [0.717, 1.165) is 0 Å². The molecule has 2 heterocycles. The monoisotopic (exact) mass is 457 g/mol. The number of rotatable bonds is 4. The van der Waals surface area contributed by atoms with Gasteiger partial charge in [0.25, 0.3) is 0 Å². The Morgan fingerprint density at radius 3 is 2.67 bits per heavy atom. The Kier molecular flexibility index (Phi) is 6.42. The number of alkyl carbamates (subject to hydrolysis) is 1. The van der Waals surface area contributed by atoms with Crippen molar-refractivity contribution >= 4 is 44.5 Å². The molecule has 2 aliphatic heterocycles. The number of thioether (sulfide) groups is 1. The molecular formula is C19H24FN3O5S2. The fourth-order valence-corrected chi connectivity index (χ4v) is 7.17. The molecule has 164 valence electrons. The number of aliphatic imine (C=N–C) groups is 1. The molecule has 3 rings (SSSR count). The first-order valence-corrected chi connectivity index (χ1v) is 12.1. The molecule has 2 aliphatic rings. The van der Waals surface area contributed by atoms with E-state index in [1.165, 1.54) is 34.9 Å². The second-order valence-electron chi connectivity index (χ2n) is 8.09. The van der Waals surface area contributed by atoms with Gasteiger partial charge in [0, 0.05) is 18.2 Å². The number of nitrogens with one attached hydrogen (secondary N) is 1. The molecule has 8 nitrogen and oxygen atoms in total. The quantitative estimate of drug-likeness (QED) is 0.740. The van der Waals surface area contributed by atoms with Crippen LogP contribution in [0, 0.1) is 5.82 Å². The van der Waals surface area contributed by atoms with Crippen LogP contribution in [0.25, 0.3) is 0 Å². The molecule has 0 unspecified atom stereocenters. The van der Waals surface area contributed by atoms with Gasteiger partial charge in [0.05, 0.1) is 23.2 Å². The van der Waals surface area contributed by atoms with Crippen LogP contribution >= 0.6 is 11.8 Å². The molecule has 2 fully saturated rings. The van der Waals surface area contributed by atoms with Gasteiger partial charge in [-0.25, -0.2) is 17.6 Å². The summed E-state index contributed by atoms with van der Waals surface area (Å²) in [6.45, 7) is 5.23.